The lowest BCUT2D eigenvalue weighted by Gasteiger charge is -2.29. The Hall–Kier alpha value is -1.14. The van der Waals surface area contributed by atoms with Crippen molar-refractivity contribution < 1.29 is 9.90 Å². The highest BCUT2D eigenvalue weighted by Crippen LogP contribution is 2.21. The average Bonchev–Trinajstić information content (AvgIpc) is 2.43. The molecule has 5 nitrogen and oxygen atoms in total. The molecule has 1 rings (SSSR count). The summed E-state index contributed by atoms with van der Waals surface area (Å²) in [6.45, 7) is 4.50. The molecule has 0 saturated heterocycles. The summed E-state index contributed by atoms with van der Waals surface area (Å²) < 4.78 is 0. The number of rotatable bonds is 9. The van der Waals surface area contributed by atoms with E-state index >= 15 is 0 Å². The molecule has 19 heavy (non-hydrogen) atoms. The van der Waals surface area contributed by atoms with Crippen molar-refractivity contribution in [3.8, 4) is 0 Å². The van der Waals surface area contributed by atoms with Gasteiger partial charge in [-0.25, -0.2) is 9.97 Å². The molecular weight excluding hydrogens is 262 g/mol. The van der Waals surface area contributed by atoms with Gasteiger partial charge in [0.25, 0.3) is 0 Å². The first-order valence-electron chi connectivity index (χ1n) is 6.53. The van der Waals surface area contributed by atoms with E-state index in [0.717, 1.165) is 17.3 Å². The highest BCUT2D eigenvalue weighted by molar-refractivity contribution is 7.99. The summed E-state index contributed by atoms with van der Waals surface area (Å²) in [5, 5.41) is 13.2. The van der Waals surface area contributed by atoms with Gasteiger partial charge in [0.15, 0.2) is 5.16 Å². The van der Waals surface area contributed by atoms with Gasteiger partial charge in [0.05, 0.1) is 0 Å². The molecule has 0 bridgehead atoms. The molecule has 0 aliphatic rings. The van der Waals surface area contributed by atoms with Crippen LogP contribution >= 0.6 is 11.8 Å². The lowest BCUT2D eigenvalue weighted by molar-refractivity contribution is -0.145. The van der Waals surface area contributed by atoms with Crippen molar-refractivity contribution in [1.82, 2.24) is 15.3 Å². The Kier molecular flexibility index (Phi) is 6.80. The van der Waals surface area contributed by atoms with Gasteiger partial charge in [-0.2, -0.15) is 0 Å². The van der Waals surface area contributed by atoms with Gasteiger partial charge >= 0.3 is 5.97 Å². The Labute approximate surface area is 118 Å². The van der Waals surface area contributed by atoms with Gasteiger partial charge in [-0.1, -0.05) is 25.6 Å². The lowest BCUT2D eigenvalue weighted by Crippen LogP contribution is -2.51. The van der Waals surface area contributed by atoms with Crippen molar-refractivity contribution in [2.45, 2.75) is 43.8 Å². The molecule has 0 radical (unpaired) electrons. The van der Waals surface area contributed by atoms with E-state index < -0.39 is 11.5 Å². The Morgan fingerprint density at radius 1 is 1.42 bits per heavy atom. The maximum atomic E-state index is 11.4. The second kappa shape index (κ2) is 8.12. The van der Waals surface area contributed by atoms with Crippen LogP contribution in [-0.2, 0) is 4.79 Å². The summed E-state index contributed by atoms with van der Waals surface area (Å²) in [5.41, 5.74) is -0.799. The van der Waals surface area contributed by atoms with E-state index in [1.807, 2.05) is 13.8 Å². The number of thioether (sulfide) groups is 1. The molecule has 0 aromatic carbocycles. The molecule has 0 amide bonds. The summed E-state index contributed by atoms with van der Waals surface area (Å²) in [6.07, 6.45) is 5.44. The molecule has 1 atom stereocenters. The maximum Gasteiger partial charge on any atom is 0.323 e. The van der Waals surface area contributed by atoms with Gasteiger partial charge < -0.3 is 10.4 Å². The van der Waals surface area contributed by atoms with E-state index in [1.54, 1.807) is 30.2 Å². The van der Waals surface area contributed by atoms with Gasteiger partial charge in [0, 0.05) is 18.1 Å². The highest BCUT2D eigenvalue weighted by atomic mass is 32.2. The molecule has 0 aliphatic heterocycles. The molecule has 6 heteroatoms. The number of nitrogens with zero attached hydrogens (tertiary/aromatic N) is 2. The van der Waals surface area contributed by atoms with Crippen LogP contribution in [0.2, 0.25) is 0 Å². The molecule has 0 saturated carbocycles. The van der Waals surface area contributed by atoms with E-state index in [9.17, 15) is 9.90 Å². The molecular formula is C13H21N3O2S. The third-order valence-electron chi connectivity index (χ3n) is 3.05. The summed E-state index contributed by atoms with van der Waals surface area (Å²) in [6, 6.07) is 1.78. The zero-order valence-electron chi connectivity index (χ0n) is 11.4. The number of carboxylic acid groups (broad SMARTS) is 1. The van der Waals surface area contributed by atoms with E-state index in [4.69, 9.17) is 0 Å². The Balaban J connectivity index is 2.42. The number of likely N-dealkylation sites (N-methyl/N-ethyl adjacent to an activating group) is 1. The monoisotopic (exact) mass is 283 g/mol. The number of aliphatic carboxylic acids is 1. The van der Waals surface area contributed by atoms with Crippen LogP contribution in [0.5, 0.6) is 0 Å². The molecule has 2 N–H and O–H groups in total. The van der Waals surface area contributed by atoms with Crippen LogP contribution in [0.3, 0.4) is 0 Å². The fourth-order valence-corrected chi connectivity index (χ4v) is 2.70. The average molecular weight is 283 g/mol. The SMILES string of the molecule is CCNC(CC)(CCCSc1ncccn1)C(=O)O. The van der Waals surface area contributed by atoms with Crippen LogP contribution in [0.4, 0.5) is 0 Å². The molecule has 1 unspecified atom stereocenters. The smallest absolute Gasteiger partial charge is 0.323 e. The van der Waals surface area contributed by atoms with Gasteiger partial charge in [-0.15, -0.1) is 0 Å². The van der Waals surface area contributed by atoms with Crippen LogP contribution in [0.15, 0.2) is 23.6 Å². The van der Waals surface area contributed by atoms with E-state index in [0.29, 0.717) is 19.4 Å². The molecule has 0 fully saturated rings. The molecule has 1 heterocycles. The number of hydrogen-bond donors (Lipinski definition) is 2. The van der Waals surface area contributed by atoms with Crippen LogP contribution in [0, 0.1) is 0 Å². The van der Waals surface area contributed by atoms with Crippen molar-refractivity contribution in [2.24, 2.45) is 0 Å². The minimum absolute atomic E-state index is 0.586. The quantitative estimate of drug-likeness (QED) is 0.411. The van der Waals surface area contributed by atoms with Gasteiger partial charge in [-0.05, 0) is 31.9 Å². The Bertz CT molecular complexity index is 389. The summed E-state index contributed by atoms with van der Waals surface area (Å²) in [7, 11) is 0. The molecule has 0 spiro atoms. The summed E-state index contributed by atoms with van der Waals surface area (Å²) >= 11 is 1.56. The second-order valence-electron chi connectivity index (χ2n) is 4.25. The van der Waals surface area contributed by atoms with Crippen molar-refractivity contribution >= 4 is 17.7 Å². The predicted octanol–water partition coefficient (Wildman–Crippen LogP) is 2.19. The standard InChI is InChI=1S/C13H21N3O2S/c1-3-13(11(17)18,16-4-2)7-5-10-19-12-14-8-6-9-15-12/h6,8-9,16H,3-5,7,10H2,1-2H3,(H,17,18). The zero-order valence-corrected chi connectivity index (χ0v) is 12.2. The van der Waals surface area contributed by atoms with Crippen LogP contribution in [-0.4, -0.2) is 38.9 Å². The van der Waals surface area contributed by atoms with Crippen molar-refractivity contribution in [3.05, 3.63) is 18.5 Å². The van der Waals surface area contributed by atoms with E-state index in [1.165, 1.54) is 0 Å². The Morgan fingerprint density at radius 3 is 2.63 bits per heavy atom. The Morgan fingerprint density at radius 2 is 2.11 bits per heavy atom. The van der Waals surface area contributed by atoms with Gasteiger partial charge in [0.1, 0.15) is 5.54 Å². The van der Waals surface area contributed by atoms with E-state index in [-0.39, 0.29) is 0 Å². The number of nitrogens with one attached hydrogen (secondary N) is 1. The fourth-order valence-electron chi connectivity index (χ4n) is 1.96. The molecule has 0 aliphatic carbocycles. The number of carboxylic acids is 1. The normalized spacial score (nSPS) is 14.0. The third kappa shape index (κ3) is 4.80. The summed E-state index contributed by atoms with van der Waals surface area (Å²) in [4.78, 5) is 19.7. The van der Waals surface area contributed by atoms with E-state index in [2.05, 4.69) is 15.3 Å². The maximum absolute atomic E-state index is 11.4. The highest BCUT2D eigenvalue weighted by Gasteiger charge is 2.34. The first-order valence-corrected chi connectivity index (χ1v) is 7.51. The fraction of sp³-hybridized carbons (Fsp3) is 0.615. The largest absolute Gasteiger partial charge is 0.480 e. The van der Waals surface area contributed by atoms with Crippen molar-refractivity contribution in [1.29, 1.82) is 0 Å². The second-order valence-corrected chi connectivity index (χ2v) is 5.32. The van der Waals surface area contributed by atoms with Gasteiger partial charge in [-0.3, -0.25) is 4.79 Å². The number of carbonyl (C=O) groups is 1. The first kappa shape index (κ1) is 15.9. The van der Waals surface area contributed by atoms with Crippen LogP contribution in [0.1, 0.15) is 33.1 Å². The topological polar surface area (TPSA) is 75.1 Å². The first-order chi connectivity index (χ1) is 9.14. The third-order valence-corrected chi connectivity index (χ3v) is 4.01. The molecule has 1 aromatic heterocycles. The minimum atomic E-state index is -0.799. The predicted molar refractivity (Wildman–Crippen MR) is 76.3 cm³/mol. The number of aromatic nitrogens is 2. The lowest BCUT2D eigenvalue weighted by atomic mass is 9.91. The van der Waals surface area contributed by atoms with Crippen LogP contribution in [0.25, 0.3) is 0 Å². The minimum Gasteiger partial charge on any atom is -0.480 e. The number of hydrogen-bond acceptors (Lipinski definition) is 5. The molecule has 1 aromatic rings. The van der Waals surface area contributed by atoms with Gasteiger partial charge in [0.2, 0.25) is 0 Å². The van der Waals surface area contributed by atoms with Crippen molar-refractivity contribution in [2.75, 3.05) is 12.3 Å². The van der Waals surface area contributed by atoms with Crippen LogP contribution < -0.4 is 5.32 Å². The zero-order chi connectivity index (χ0) is 14.1. The van der Waals surface area contributed by atoms with Crippen molar-refractivity contribution in [3.63, 3.8) is 0 Å². The molecule has 106 valence electrons. The summed E-state index contributed by atoms with van der Waals surface area (Å²) in [5.74, 6) is 0.0579.